The van der Waals surface area contributed by atoms with Crippen molar-refractivity contribution in [1.82, 2.24) is 9.97 Å². The number of hydrogen-bond acceptors (Lipinski definition) is 6. The lowest BCUT2D eigenvalue weighted by Crippen LogP contribution is -2.23. The predicted molar refractivity (Wildman–Crippen MR) is 110 cm³/mol. The highest BCUT2D eigenvalue weighted by molar-refractivity contribution is 7.98. The first-order valence-corrected chi connectivity index (χ1v) is 10.1. The van der Waals surface area contributed by atoms with Gasteiger partial charge < -0.3 is 19.8 Å². The second-order valence-corrected chi connectivity index (χ2v) is 7.61. The number of benzene rings is 2. The van der Waals surface area contributed by atoms with Crippen LogP contribution >= 0.6 is 11.8 Å². The molecule has 0 unspecified atom stereocenters. The van der Waals surface area contributed by atoms with Gasteiger partial charge in [0.15, 0.2) is 16.7 Å². The van der Waals surface area contributed by atoms with Crippen molar-refractivity contribution in [3.05, 3.63) is 75.5 Å². The Hall–Kier alpha value is -3.33. The van der Waals surface area contributed by atoms with Crippen molar-refractivity contribution in [3.8, 4) is 11.5 Å². The molecule has 1 aliphatic rings. The Bertz CT molecular complexity index is 1150. The van der Waals surface area contributed by atoms with Crippen molar-refractivity contribution in [2.45, 2.75) is 24.3 Å². The van der Waals surface area contributed by atoms with E-state index in [0.717, 1.165) is 5.56 Å². The first-order chi connectivity index (χ1) is 14.5. The molecule has 0 radical (unpaired) electrons. The van der Waals surface area contributed by atoms with Crippen LogP contribution in [-0.4, -0.2) is 22.7 Å². The summed E-state index contributed by atoms with van der Waals surface area (Å²) in [4.78, 5) is 32.0. The highest BCUT2D eigenvalue weighted by Gasteiger charge is 2.16. The molecule has 0 aliphatic carbocycles. The number of halogens is 1. The van der Waals surface area contributed by atoms with E-state index in [1.807, 2.05) is 0 Å². The Balaban J connectivity index is 1.40. The number of aromatic nitrogens is 2. The van der Waals surface area contributed by atoms with Crippen molar-refractivity contribution in [2.75, 3.05) is 12.1 Å². The molecule has 3 aromatic rings. The minimum atomic E-state index is -0.357. The molecule has 1 aliphatic heterocycles. The van der Waals surface area contributed by atoms with Gasteiger partial charge >= 0.3 is 0 Å². The van der Waals surface area contributed by atoms with E-state index in [0.29, 0.717) is 39.4 Å². The summed E-state index contributed by atoms with van der Waals surface area (Å²) < 4.78 is 23.5. The summed E-state index contributed by atoms with van der Waals surface area (Å²) in [6, 6.07) is 11.2. The Morgan fingerprint density at radius 1 is 1.20 bits per heavy atom. The normalized spacial score (nSPS) is 12.1. The number of amides is 1. The number of rotatable bonds is 6. The summed E-state index contributed by atoms with van der Waals surface area (Å²) in [7, 11) is 0. The minimum absolute atomic E-state index is 0.106. The highest BCUT2D eigenvalue weighted by atomic mass is 32.2. The highest BCUT2D eigenvalue weighted by Crippen LogP contribution is 2.34. The van der Waals surface area contributed by atoms with E-state index in [-0.39, 0.29) is 30.5 Å². The van der Waals surface area contributed by atoms with Crippen LogP contribution in [0.25, 0.3) is 0 Å². The van der Waals surface area contributed by atoms with Crippen molar-refractivity contribution in [3.63, 3.8) is 0 Å². The molecule has 0 atom stereocenters. The molecule has 4 rings (SSSR count). The fraction of sp³-hybridized carbons (Fsp3) is 0.190. The minimum Gasteiger partial charge on any atom is -0.454 e. The number of H-pyrrole nitrogens is 1. The number of nitrogens with one attached hydrogen (secondary N) is 2. The van der Waals surface area contributed by atoms with Crippen molar-refractivity contribution >= 4 is 23.4 Å². The lowest BCUT2D eigenvalue weighted by Gasteiger charge is -2.09. The van der Waals surface area contributed by atoms with E-state index < -0.39 is 0 Å². The number of hydrogen-bond donors (Lipinski definition) is 2. The van der Waals surface area contributed by atoms with Gasteiger partial charge in [-0.3, -0.25) is 9.59 Å². The van der Waals surface area contributed by atoms with E-state index >= 15 is 0 Å². The smallest absolute Gasteiger partial charge is 0.255 e. The number of aromatic amines is 1. The third-order valence-electron chi connectivity index (χ3n) is 4.48. The van der Waals surface area contributed by atoms with Gasteiger partial charge in [-0.1, -0.05) is 23.9 Å². The van der Waals surface area contributed by atoms with E-state index in [1.165, 1.54) is 23.9 Å². The fourth-order valence-corrected chi connectivity index (χ4v) is 3.80. The molecular weight excluding hydrogens is 409 g/mol. The van der Waals surface area contributed by atoms with Crippen LogP contribution in [0.4, 0.5) is 10.1 Å². The predicted octanol–water partition coefficient (Wildman–Crippen LogP) is 3.42. The second-order valence-electron chi connectivity index (χ2n) is 6.64. The molecule has 0 saturated carbocycles. The topological polar surface area (TPSA) is 93.3 Å². The van der Waals surface area contributed by atoms with Gasteiger partial charge in [0.05, 0.1) is 6.42 Å². The zero-order valence-electron chi connectivity index (χ0n) is 16.0. The van der Waals surface area contributed by atoms with E-state index in [1.54, 1.807) is 37.3 Å². The molecule has 0 fully saturated rings. The maximum absolute atomic E-state index is 13.0. The Kier molecular flexibility index (Phi) is 5.71. The van der Waals surface area contributed by atoms with E-state index in [2.05, 4.69) is 15.3 Å². The van der Waals surface area contributed by atoms with Crippen LogP contribution in [0.15, 0.2) is 52.4 Å². The molecule has 154 valence electrons. The largest absolute Gasteiger partial charge is 0.454 e. The monoisotopic (exact) mass is 427 g/mol. The Labute approximate surface area is 175 Å². The van der Waals surface area contributed by atoms with E-state index in [4.69, 9.17) is 9.47 Å². The molecule has 2 aromatic carbocycles. The summed E-state index contributed by atoms with van der Waals surface area (Å²) in [6.45, 7) is 1.85. The molecule has 0 spiro atoms. The molecule has 0 bridgehead atoms. The van der Waals surface area contributed by atoms with E-state index in [9.17, 15) is 14.0 Å². The number of nitrogens with zero attached hydrogens (tertiary/aromatic N) is 1. The summed E-state index contributed by atoms with van der Waals surface area (Å²) >= 11 is 1.33. The zero-order valence-corrected chi connectivity index (χ0v) is 16.8. The van der Waals surface area contributed by atoms with Gasteiger partial charge in [-0.2, -0.15) is 0 Å². The van der Waals surface area contributed by atoms with Gasteiger partial charge in [0.25, 0.3) is 5.56 Å². The summed E-state index contributed by atoms with van der Waals surface area (Å²) in [5.41, 5.74) is 1.90. The lowest BCUT2D eigenvalue weighted by molar-refractivity contribution is -0.115. The first kappa shape index (κ1) is 20.0. The quantitative estimate of drug-likeness (QED) is 0.463. The molecule has 7 nitrogen and oxygen atoms in total. The Morgan fingerprint density at radius 3 is 2.73 bits per heavy atom. The van der Waals surface area contributed by atoms with Gasteiger partial charge in [0.1, 0.15) is 5.82 Å². The van der Waals surface area contributed by atoms with Crippen LogP contribution in [-0.2, 0) is 17.0 Å². The fourth-order valence-electron chi connectivity index (χ4n) is 2.93. The number of anilines is 1. The molecule has 1 amide bonds. The zero-order chi connectivity index (χ0) is 21.1. The number of aryl methyl sites for hydroxylation is 1. The molecule has 2 N–H and O–H groups in total. The maximum atomic E-state index is 13.0. The van der Waals surface area contributed by atoms with Crippen molar-refractivity contribution < 1.29 is 18.7 Å². The molecule has 2 heterocycles. The molecule has 30 heavy (non-hydrogen) atoms. The standard InChI is InChI=1S/C21H18FN3O4S/c1-12-16(9-19(26)24-15-6-7-17-18(8-15)29-11-28-17)20(27)25-21(23-12)30-10-13-2-4-14(22)5-3-13/h2-8H,9-11H2,1H3,(H,24,26)(H,23,25,27). The summed E-state index contributed by atoms with van der Waals surface area (Å²) in [5.74, 6) is 1.09. The number of ether oxygens (including phenoxy) is 2. The van der Waals surface area contributed by atoms with Crippen LogP contribution in [0.3, 0.4) is 0 Å². The van der Waals surface area contributed by atoms with Gasteiger partial charge in [0, 0.05) is 28.8 Å². The maximum Gasteiger partial charge on any atom is 0.255 e. The van der Waals surface area contributed by atoms with Gasteiger partial charge in [-0.25, -0.2) is 9.37 Å². The van der Waals surface area contributed by atoms with Crippen LogP contribution < -0.4 is 20.3 Å². The summed E-state index contributed by atoms with van der Waals surface area (Å²) in [6.07, 6.45) is -0.106. The number of thioether (sulfide) groups is 1. The number of carbonyl (C=O) groups excluding carboxylic acids is 1. The average molecular weight is 427 g/mol. The number of carbonyl (C=O) groups is 1. The lowest BCUT2D eigenvalue weighted by atomic mass is 10.1. The van der Waals surface area contributed by atoms with Crippen LogP contribution in [0.1, 0.15) is 16.8 Å². The van der Waals surface area contributed by atoms with Crippen LogP contribution in [0.5, 0.6) is 11.5 Å². The molecule has 9 heteroatoms. The first-order valence-electron chi connectivity index (χ1n) is 9.14. The van der Waals surface area contributed by atoms with Crippen LogP contribution in [0.2, 0.25) is 0 Å². The molecule has 1 aromatic heterocycles. The van der Waals surface area contributed by atoms with Gasteiger partial charge in [-0.15, -0.1) is 0 Å². The Morgan fingerprint density at radius 2 is 1.97 bits per heavy atom. The molecular formula is C21H18FN3O4S. The van der Waals surface area contributed by atoms with Gasteiger partial charge in [-0.05, 0) is 36.8 Å². The SMILES string of the molecule is Cc1nc(SCc2ccc(F)cc2)[nH]c(=O)c1CC(=O)Nc1ccc2c(c1)OCO2. The molecule has 0 saturated heterocycles. The summed E-state index contributed by atoms with van der Waals surface area (Å²) in [5, 5.41) is 3.20. The third kappa shape index (κ3) is 4.62. The van der Waals surface area contributed by atoms with Gasteiger partial charge in [0.2, 0.25) is 12.7 Å². The third-order valence-corrected chi connectivity index (χ3v) is 5.43. The number of fused-ring (bicyclic) bond motifs is 1. The second kappa shape index (κ2) is 8.58. The average Bonchev–Trinajstić information content (AvgIpc) is 3.18. The van der Waals surface area contributed by atoms with Crippen molar-refractivity contribution in [2.24, 2.45) is 0 Å². The van der Waals surface area contributed by atoms with Crippen molar-refractivity contribution in [1.29, 1.82) is 0 Å². The van der Waals surface area contributed by atoms with Crippen LogP contribution in [0, 0.1) is 12.7 Å².